The molecule has 2 aromatic heterocycles. The van der Waals surface area contributed by atoms with E-state index in [1.165, 1.54) is 75.6 Å². The number of fused-ring (bicyclic) bond motifs is 6. The molecule has 0 N–H and O–H groups in total. The van der Waals surface area contributed by atoms with E-state index < -0.39 is 0 Å². The van der Waals surface area contributed by atoms with Gasteiger partial charge in [-0.15, -0.1) is 11.3 Å². The normalized spacial score (nSPS) is 11.7. The molecule has 1 nitrogen and oxygen atoms in total. The smallest absolute Gasteiger partial charge is 0.136 e. The topological polar surface area (TPSA) is 13.1 Å². The third-order valence-corrected chi connectivity index (χ3v) is 11.7. The summed E-state index contributed by atoms with van der Waals surface area (Å²) in [6, 6.07) is 68.4. The zero-order chi connectivity index (χ0) is 34.4. The van der Waals surface area contributed by atoms with E-state index >= 15 is 0 Å². The SMILES string of the molecule is c1ccc(-c2ccc(C(Cc3ccc4oc5cccc(-c6ccc7c(c6)sc6ccccc67)c5c4c3)c3ccc(-c4ccccc4)cc3)cc2)cc1. The highest BCUT2D eigenvalue weighted by atomic mass is 32.1. The molecule has 0 unspecified atom stereocenters. The minimum atomic E-state index is 0.181. The van der Waals surface area contributed by atoms with E-state index in [9.17, 15) is 0 Å². The molecule has 0 radical (unpaired) electrons. The molecule has 10 rings (SSSR count). The summed E-state index contributed by atoms with van der Waals surface area (Å²) in [5.74, 6) is 0.181. The van der Waals surface area contributed by atoms with Crippen molar-refractivity contribution in [3.8, 4) is 33.4 Å². The molecule has 0 saturated carbocycles. The zero-order valence-electron chi connectivity index (χ0n) is 28.5. The monoisotopic (exact) mass is 682 g/mol. The van der Waals surface area contributed by atoms with E-state index in [0.717, 1.165) is 23.0 Å². The molecule has 0 spiro atoms. The van der Waals surface area contributed by atoms with Crippen molar-refractivity contribution < 1.29 is 4.42 Å². The predicted molar refractivity (Wildman–Crippen MR) is 221 cm³/mol. The van der Waals surface area contributed by atoms with Crippen LogP contribution in [0.15, 0.2) is 192 Å². The zero-order valence-corrected chi connectivity index (χ0v) is 29.3. The Morgan fingerprint density at radius 2 is 1.00 bits per heavy atom. The molecule has 10 aromatic rings. The Balaban J connectivity index is 1.06. The van der Waals surface area contributed by atoms with E-state index in [1.54, 1.807) is 0 Å². The predicted octanol–water partition coefficient (Wildman–Crippen LogP) is 14.3. The van der Waals surface area contributed by atoms with Gasteiger partial charge in [0.2, 0.25) is 0 Å². The lowest BCUT2D eigenvalue weighted by atomic mass is 9.84. The Kier molecular flexibility index (Phi) is 7.55. The van der Waals surface area contributed by atoms with Crippen molar-refractivity contribution in [1.82, 2.24) is 0 Å². The summed E-state index contributed by atoms with van der Waals surface area (Å²) >= 11 is 1.86. The summed E-state index contributed by atoms with van der Waals surface area (Å²) < 4.78 is 9.13. The van der Waals surface area contributed by atoms with E-state index in [0.29, 0.717) is 0 Å². The molecule has 0 aliphatic carbocycles. The van der Waals surface area contributed by atoms with Crippen molar-refractivity contribution in [2.24, 2.45) is 0 Å². The molecular weight excluding hydrogens is 649 g/mol. The summed E-state index contributed by atoms with van der Waals surface area (Å²) in [5, 5.41) is 4.98. The minimum absolute atomic E-state index is 0.181. The first-order valence-electron chi connectivity index (χ1n) is 17.9. The first kappa shape index (κ1) is 30.6. The second-order valence-electron chi connectivity index (χ2n) is 13.7. The summed E-state index contributed by atoms with van der Waals surface area (Å²) in [6.45, 7) is 0. The first-order chi connectivity index (χ1) is 25.7. The fraction of sp³-hybridized carbons (Fsp3) is 0.0400. The van der Waals surface area contributed by atoms with Crippen LogP contribution in [-0.4, -0.2) is 0 Å². The van der Waals surface area contributed by atoms with Crippen LogP contribution in [0.4, 0.5) is 0 Å². The van der Waals surface area contributed by atoms with Crippen molar-refractivity contribution >= 4 is 53.4 Å². The molecule has 0 bridgehead atoms. The third kappa shape index (κ3) is 5.49. The average molecular weight is 683 g/mol. The molecule has 2 heteroatoms. The van der Waals surface area contributed by atoms with Crippen LogP contribution in [-0.2, 0) is 6.42 Å². The summed E-state index contributed by atoms with van der Waals surface area (Å²) in [5.41, 5.74) is 13.1. The van der Waals surface area contributed by atoms with E-state index in [4.69, 9.17) is 4.42 Å². The van der Waals surface area contributed by atoms with Crippen LogP contribution < -0.4 is 0 Å². The standard InChI is InChI=1S/C50H34OS/c1-3-10-34(11-4-1)36-19-23-38(24-20-36)44(39-25-21-37(22-26-39)35-12-5-2-6-13-35)30-33-18-29-46-45(31-33)50-41(15-9-16-47(50)51-46)40-27-28-43-42-14-7-8-17-48(42)52-49(43)32-40/h1-29,31-32,44H,30H2. The summed E-state index contributed by atoms with van der Waals surface area (Å²) in [7, 11) is 0. The molecule has 0 fully saturated rings. The van der Waals surface area contributed by atoms with Gasteiger partial charge >= 0.3 is 0 Å². The van der Waals surface area contributed by atoms with Crippen LogP contribution in [0.25, 0.3) is 75.5 Å². The molecule has 246 valence electrons. The van der Waals surface area contributed by atoms with Crippen molar-refractivity contribution in [3.05, 3.63) is 205 Å². The van der Waals surface area contributed by atoms with Crippen LogP contribution >= 0.6 is 11.3 Å². The van der Waals surface area contributed by atoms with Crippen LogP contribution in [0, 0.1) is 0 Å². The second kappa shape index (κ2) is 12.8. The molecule has 2 heterocycles. The van der Waals surface area contributed by atoms with Gasteiger partial charge in [0.1, 0.15) is 11.2 Å². The highest BCUT2D eigenvalue weighted by Gasteiger charge is 2.19. The number of rotatable bonds is 7. The van der Waals surface area contributed by atoms with E-state index in [1.807, 2.05) is 11.3 Å². The molecule has 8 aromatic carbocycles. The number of hydrogen-bond acceptors (Lipinski definition) is 2. The lowest BCUT2D eigenvalue weighted by Gasteiger charge is -2.20. The Morgan fingerprint density at radius 3 is 1.69 bits per heavy atom. The van der Waals surface area contributed by atoms with Gasteiger partial charge in [-0.05, 0) is 86.8 Å². The molecular formula is C50H34OS. The van der Waals surface area contributed by atoms with Crippen LogP contribution in [0.1, 0.15) is 22.6 Å². The molecule has 52 heavy (non-hydrogen) atoms. The quantitative estimate of drug-likeness (QED) is 0.163. The highest BCUT2D eigenvalue weighted by Crippen LogP contribution is 2.41. The molecule has 0 aliphatic rings. The largest absolute Gasteiger partial charge is 0.456 e. The second-order valence-corrected chi connectivity index (χ2v) is 14.7. The average Bonchev–Trinajstić information content (AvgIpc) is 3.78. The van der Waals surface area contributed by atoms with Crippen molar-refractivity contribution in [1.29, 1.82) is 0 Å². The van der Waals surface area contributed by atoms with Gasteiger partial charge in [-0.2, -0.15) is 0 Å². The Labute approximate surface area is 307 Å². The molecule has 0 atom stereocenters. The van der Waals surface area contributed by atoms with Gasteiger partial charge in [0, 0.05) is 36.9 Å². The highest BCUT2D eigenvalue weighted by molar-refractivity contribution is 7.25. The third-order valence-electron chi connectivity index (χ3n) is 10.5. The fourth-order valence-electron chi connectivity index (χ4n) is 7.88. The molecule has 0 saturated heterocycles. The Morgan fingerprint density at radius 1 is 0.404 bits per heavy atom. The molecule has 0 amide bonds. The maximum absolute atomic E-state index is 6.49. The Bertz CT molecular complexity index is 2760. The maximum Gasteiger partial charge on any atom is 0.136 e. The van der Waals surface area contributed by atoms with E-state index in [2.05, 4.69) is 188 Å². The summed E-state index contributed by atoms with van der Waals surface area (Å²) in [6.07, 6.45) is 0.869. The van der Waals surface area contributed by atoms with Crippen molar-refractivity contribution in [3.63, 3.8) is 0 Å². The fourth-order valence-corrected chi connectivity index (χ4v) is 9.02. The van der Waals surface area contributed by atoms with Crippen molar-refractivity contribution in [2.75, 3.05) is 0 Å². The lowest BCUT2D eigenvalue weighted by Crippen LogP contribution is -2.05. The first-order valence-corrected chi connectivity index (χ1v) is 18.7. The Hall–Kier alpha value is -6.22. The lowest BCUT2D eigenvalue weighted by molar-refractivity contribution is 0.668. The number of thiophene rings is 1. The minimum Gasteiger partial charge on any atom is -0.456 e. The van der Waals surface area contributed by atoms with E-state index in [-0.39, 0.29) is 5.92 Å². The van der Waals surface area contributed by atoms with Gasteiger partial charge in [0.15, 0.2) is 0 Å². The number of benzene rings is 8. The number of furan rings is 1. The number of hydrogen-bond donors (Lipinski definition) is 0. The van der Waals surface area contributed by atoms with Gasteiger partial charge < -0.3 is 4.42 Å². The maximum atomic E-state index is 6.49. The van der Waals surface area contributed by atoms with Crippen molar-refractivity contribution in [2.45, 2.75) is 12.3 Å². The van der Waals surface area contributed by atoms with Gasteiger partial charge in [0.25, 0.3) is 0 Å². The van der Waals surface area contributed by atoms with Crippen LogP contribution in [0.2, 0.25) is 0 Å². The summed E-state index contributed by atoms with van der Waals surface area (Å²) in [4.78, 5) is 0. The van der Waals surface area contributed by atoms with Crippen LogP contribution in [0.3, 0.4) is 0 Å². The van der Waals surface area contributed by atoms with Gasteiger partial charge in [-0.25, -0.2) is 0 Å². The van der Waals surface area contributed by atoms with Gasteiger partial charge in [-0.1, -0.05) is 158 Å². The van der Waals surface area contributed by atoms with Crippen LogP contribution in [0.5, 0.6) is 0 Å². The van der Waals surface area contributed by atoms with Gasteiger partial charge in [0.05, 0.1) is 0 Å². The van der Waals surface area contributed by atoms with Gasteiger partial charge in [-0.3, -0.25) is 0 Å². The molecule has 0 aliphatic heterocycles.